The number of fused-ring (bicyclic) bond motifs is 1. The zero-order valence-corrected chi connectivity index (χ0v) is 9.00. The number of benzene rings is 1. The molecule has 2 aromatic rings. The maximum atomic E-state index is 5.62. The summed E-state index contributed by atoms with van der Waals surface area (Å²) in [5.41, 5.74) is 1.05. The van der Waals surface area contributed by atoms with Crippen LogP contribution in [0.5, 0.6) is 0 Å². The number of hydrogen-bond donors (Lipinski definition) is 0. The predicted octanol–water partition coefficient (Wildman–Crippen LogP) is 2.38. The lowest BCUT2D eigenvalue weighted by molar-refractivity contribution is -0.0901. The van der Waals surface area contributed by atoms with Crippen LogP contribution < -0.4 is 0 Å². The fraction of sp³-hybridized carbons (Fsp3) is 0.364. The molecule has 3 nitrogen and oxygen atoms in total. The summed E-state index contributed by atoms with van der Waals surface area (Å²) in [4.78, 5) is 4.55. The first kappa shape index (κ1) is 9.27. The third-order valence-electron chi connectivity index (χ3n) is 2.40. The van der Waals surface area contributed by atoms with Crippen LogP contribution in [-0.2, 0) is 9.47 Å². The maximum Gasteiger partial charge on any atom is 0.132 e. The molecular weight excluding hydrogens is 210 g/mol. The van der Waals surface area contributed by atoms with Crippen molar-refractivity contribution in [2.75, 3.05) is 19.8 Å². The molecule has 0 bridgehead atoms. The summed E-state index contributed by atoms with van der Waals surface area (Å²) in [5.74, 6) is 0. The SMILES string of the molecule is c1ccc2sc([C@@H]3COCCO3)nc2c1. The van der Waals surface area contributed by atoms with Crippen molar-refractivity contribution in [1.82, 2.24) is 4.98 Å². The highest BCUT2D eigenvalue weighted by Gasteiger charge is 2.20. The molecule has 1 aliphatic rings. The van der Waals surface area contributed by atoms with Crippen molar-refractivity contribution in [3.8, 4) is 0 Å². The molecule has 0 saturated carbocycles. The number of hydrogen-bond acceptors (Lipinski definition) is 4. The van der Waals surface area contributed by atoms with Gasteiger partial charge in [0.15, 0.2) is 0 Å². The van der Waals surface area contributed by atoms with E-state index in [-0.39, 0.29) is 6.10 Å². The van der Waals surface area contributed by atoms with Crippen LogP contribution in [0.4, 0.5) is 0 Å². The third kappa shape index (κ3) is 1.76. The van der Waals surface area contributed by atoms with E-state index >= 15 is 0 Å². The summed E-state index contributed by atoms with van der Waals surface area (Å²) in [7, 11) is 0. The van der Waals surface area contributed by atoms with Gasteiger partial charge in [-0.15, -0.1) is 11.3 Å². The van der Waals surface area contributed by atoms with E-state index in [1.165, 1.54) is 4.70 Å². The molecular formula is C11H11NO2S. The number of nitrogens with zero attached hydrogens (tertiary/aromatic N) is 1. The number of para-hydroxylation sites is 1. The molecule has 0 amide bonds. The molecule has 2 heterocycles. The molecule has 3 rings (SSSR count). The Morgan fingerprint density at radius 3 is 3.00 bits per heavy atom. The monoisotopic (exact) mass is 221 g/mol. The van der Waals surface area contributed by atoms with E-state index in [2.05, 4.69) is 11.1 Å². The first-order valence-corrected chi connectivity index (χ1v) is 5.80. The molecule has 4 heteroatoms. The van der Waals surface area contributed by atoms with E-state index in [0.717, 1.165) is 10.5 Å². The second kappa shape index (κ2) is 3.89. The average Bonchev–Trinajstić information content (AvgIpc) is 2.74. The van der Waals surface area contributed by atoms with Crippen molar-refractivity contribution in [2.45, 2.75) is 6.10 Å². The third-order valence-corrected chi connectivity index (χ3v) is 3.53. The van der Waals surface area contributed by atoms with Gasteiger partial charge in [0, 0.05) is 0 Å². The van der Waals surface area contributed by atoms with Crippen LogP contribution in [0.3, 0.4) is 0 Å². The van der Waals surface area contributed by atoms with Crippen LogP contribution in [0, 0.1) is 0 Å². The lowest BCUT2D eigenvalue weighted by atomic mass is 10.3. The van der Waals surface area contributed by atoms with Gasteiger partial charge in [-0.25, -0.2) is 4.98 Å². The van der Waals surface area contributed by atoms with E-state index in [0.29, 0.717) is 19.8 Å². The molecule has 0 N–H and O–H groups in total. The zero-order valence-electron chi connectivity index (χ0n) is 8.18. The Bertz CT molecular complexity index is 429. The van der Waals surface area contributed by atoms with Crippen molar-refractivity contribution in [2.24, 2.45) is 0 Å². The number of aromatic nitrogens is 1. The lowest BCUT2D eigenvalue weighted by Gasteiger charge is -2.20. The number of rotatable bonds is 1. The number of thiazole rings is 1. The molecule has 1 fully saturated rings. The molecule has 78 valence electrons. The molecule has 1 aromatic carbocycles. The smallest absolute Gasteiger partial charge is 0.132 e. The van der Waals surface area contributed by atoms with Crippen LogP contribution in [0.25, 0.3) is 10.2 Å². The van der Waals surface area contributed by atoms with E-state index in [9.17, 15) is 0 Å². The quantitative estimate of drug-likeness (QED) is 0.741. The van der Waals surface area contributed by atoms with E-state index in [1.807, 2.05) is 18.2 Å². The molecule has 1 aromatic heterocycles. The lowest BCUT2D eigenvalue weighted by Crippen LogP contribution is -2.21. The Morgan fingerprint density at radius 2 is 2.20 bits per heavy atom. The van der Waals surface area contributed by atoms with Crippen molar-refractivity contribution >= 4 is 21.6 Å². The van der Waals surface area contributed by atoms with E-state index in [1.54, 1.807) is 11.3 Å². The van der Waals surface area contributed by atoms with E-state index in [4.69, 9.17) is 9.47 Å². The van der Waals surface area contributed by atoms with Gasteiger partial charge < -0.3 is 9.47 Å². The van der Waals surface area contributed by atoms with Crippen molar-refractivity contribution in [3.63, 3.8) is 0 Å². The fourth-order valence-corrected chi connectivity index (χ4v) is 2.66. The largest absolute Gasteiger partial charge is 0.376 e. The average molecular weight is 221 g/mol. The molecule has 0 unspecified atom stereocenters. The van der Waals surface area contributed by atoms with Gasteiger partial charge in [-0.1, -0.05) is 12.1 Å². The van der Waals surface area contributed by atoms with Crippen LogP contribution >= 0.6 is 11.3 Å². The van der Waals surface area contributed by atoms with Crippen molar-refractivity contribution in [3.05, 3.63) is 29.3 Å². The molecule has 15 heavy (non-hydrogen) atoms. The summed E-state index contributed by atoms with van der Waals surface area (Å²) in [5, 5.41) is 1.02. The Morgan fingerprint density at radius 1 is 1.27 bits per heavy atom. The zero-order chi connectivity index (χ0) is 10.1. The summed E-state index contributed by atoms with van der Waals surface area (Å²) >= 11 is 1.69. The van der Waals surface area contributed by atoms with Crippen LogP contribution in [0.2, 0.25) is 0 Å². The van der Waals surface area contributed by atoms with Gasteiger partial charge in [0.05, 0.1) is 30.0 Å². The maximum absolute atomic E-state index is 5.62. The first-order chi connectivity index (χ1) is 7.43. The Labute approximate surface area is 91.7 Å². The normalized spacial score (nSPS) is 22.0. The Balaban J connectivity index is 1.96. The second-order valence-corrected chi connectivity index (χ2v) is 4.52. The highest BCUT2D eigenvalue weighted by Crippen LogP contribution is 2.29. The first-order valence-electron chi connectivity index (χ1n) is 4.98. The summed E-state index contributed by atoms with van der Waals surface area (Å²) in [6.07, 6.45) is 0.0242. The van der Waals surface area contributed by atoms with Gasteiger partial charge in [0.2, 0.25) is 0 Å². The minimum absolute atomic E-state index is 0.0242. The summed E-state index contributed by atoms with van der Waals surface area (Å²) in [6.45, 7) is 1.99. The van der Waals surface area contributed by atoms with Crippen molar-refractivity contribution < 1.29 is 9.47 Å². The van der Waals surface area contributed by atoms with Crippen LogP contribution in [0.1, 0.15) is 11.1 Å². The van der Waals surface area contributed by atoms with E-state index < -0.39 is 0 Å². The Hall–Kier alpha value is -0.970. The van der Waals surface area contributed by atoms with Gasteiger partial charge in [-0.05, 0) is 12.1 Å². The fourth-order valence-electron chi connectivity index (χ4n) is 1.66. The van der Waals surface area contributed by atoms with Crippen LogP contribution in [0.15, 0.2) is 24.3 Å². The highest BCUT2D eigenvalue weighted by atomic mass is 32.1. The van der Waals surface area contributed by atoms with Crippen molar-refractivity contribution in [1.29, 1.82) is 0 Å². The van der Waals surface area contributed by atoms with Gasteiger partial charge in [-0.3, -0.25) is 0 Å². The summed E-state index contributed by atoms with van der Waals surface area (Å²) < 4.78 is 12.2. The minimum Gasteiger partial charge on any atom is -0.376 e. The molecule has 1 atom stereocenters. The topological polar surface area (TPSA) is 31.4 Å². The molecule has 1 saturated heterocycles. The highest BCUT2D eigenvalue weighted by molar-refractivity contribution is 7.18. The minimum atomic E-state index is 0.0242. The number of ether oxygens (including phenoxy) is 2. The van der Waals surface area contributed by atoms with Gasteiger partial charge >= 0.3 is 0 Å². The van der Waals surface area contributed by atoms with Gasteiger partial charge in [-0.2, -0.15) is 0 Å². The molecule has 0 spiro atoms. The second-order valence-electron chi connectivity index (χ2n) is 3.45. The summed E-state index contributed by atoms with van der Waals surface area (Å²) in [6, 6.07) is 8.14. The Kier molecular flexibility index (Phi) is 2.40. The molecule has 1 aliphatic heterocycles. The standard InChI is InChI=1S/C11H11NO2S/c1-2-4-10-8(3-1)12-11(15-10)9-7-13-5-6-14-9/h1-4,9H,5-7H2/t9-/m0/s1. The van der Waals surface area contributed by atoms with Crippen LogP contribution in [-0.4, -0.2) is 24.8 Å². The molecule has 0 radical (unpaired) electrons. The molecule has 0 aliphatic carbocycles. The predicted molar refractivity (Wildman–Crippen MR) is 59.1 cm³/mol. The van der Waals surface area contributed by atoms with Gasteiger partial charge in [0.1, 0.15) is 11.1 Å². The van der Waals surface area contributed by atoms with Gasteiger partial charge in [0.25, 0.3) is 0 Å².